The Hall–Kier alpha value is -0.890. The van der Waals surface area contributed by atoms with E-state index in [0.717, 1.165) is 31.0 Å². The Bertz CT molecular complexity index is 391. The van der Waals surface area contributed by atoms with Gasteiger partial charge in [-0.1, -0.05) is 44.9 Å². The summed E-state index contributed by atoms with van der Waals surface area (Å²) in [7, 11) is 0. The molecule has 1 nitrogen and oxygen atoms in total. The maximum Gasteiger partial charge on any atom is 0.126 e. The lowest BCUT2D eigenvalue weighted by molar-refractivity contribution is 0.223. The van der Waals surface area contributed by atoms with Gasteiger partial charge in [-0.15, -0.1) is 0 Å². The molecule has 0 aromatic heterocycles. The molecule has 2 heteroatoms. The van der Waals surface area contributed by atoms with Crippen LogP contribution in [0.4, 0.5) is 4.39 Å². The Balaban J connectivity index is 2.17. The van der Waals surface area contributed by atoms with E-state index in [-0.39, 0.29) is 5.82 Å². The second-order valence-electron chi connectivity index (χ2n) is 5.78. The monoisotopic (exact) mass is 263 g/mol. The summed E-state index contributed by atoms with van der Waals surface area (Å²) in [6.45, 7) is 6.41. The summed E-state index contributed by atoms with van der Waals surface area (Å²) in [5, 5.41) is 3.45. The van der Waals surface area contributed by atoms with Gasteiger partial charge in [0.15, 0.2) is 0 Å². The van der Waals surface area contributed by atoms with Crippen molar-refractivity contribution >= 4 is 0 Å². The average molecular weight is 263 g/mol. The lowest BCUT2D eigenvalue weighted by Gasteiger charge is -2.36. The van der Waals surface area contributed by atoms with Gasteiger partial charge >= 0.3 is 0 Å². The minimum absolute atomic E-state index is 0.0225. The lowest BCUT2D eigenvalue weighted by Crippen LogP contribution is -2.32. The number of nitrogens with one attached hydrogen (secondary N) is 1. The lowest BCUT2D eigenvalue weighted by atomic mass is 9.70. The molecule has 2 rings (SSSR count). The van der Waals surface area contributed by atoms with Gasteiger partial charge in [0.1, 0.15) is 5.82 Å². The number of benzene rings is 1. The molecule has 1 aliphatic rings. The zero-order valence-corrected chi connectivity index (χ0v) is 12.2. The Labute approximate surface area is 116 Å². The van der Waals surface area contributed by atoms with Crippen molar-refractivity contribution < 1.29 is 4.39 Å². The standard InChI is InChI=1S/C17H26FN/c1-3-13-9-10-14(12-19-4-2)16(11-13)15-7-5-6-8-17(15)18/h5-8,13-14,16,19H,3-4,9-12H2,1-2H3. The topological polar surface area (TPSA) is 12.0 Å². The van der Waals surface area contributed by atoms with E-state index in [1.165, 1.54) is 19.3 Å². The van der Waals surface area contributed by atoms with Crippen LogP contribution in [-0.4, -0.2) is 13.1 Å². The summed E-state index contributed by atoms with van der Waals surface area (Å²) in [5.41, 5.74) is 0.934. The van der Waals surface area contributed by atoms with E-state index in [1.807, 2.05) is 12.1 Å². The minimum Gasteiger partial charge on any atom is -0.317 e. The van der Waals surface area contributed by atoms with Crippen LogP contribution in [-0.2, 0) is 0 Å². The predicted molar refractivity (Wildman–Crippen MR) is 78.8 cm³/mol. The molecule has 106 valence electrons. The summed E-state index contributed by atoms with van der Waals surface area (Å²) in [5.74, 6) is 1.71. The molecule has 0 spiro atoms. The number of rotatable bonds is 5. The van der Waals surface area contributed by atoms with E-state index < -0.39 is 0 Å². The van der Waals surface area contributed by atoms with Gasteiger partial charge in [-0.3, -0.25) is 0 Å². The average Bonchev–Trinajstić information content (AvgIpc) is 2.45. The van der Waals surface area contributed by atoms with Gasteiger partial charge in [-0.05, 0) is 55.3 Å². The van der Waals surface area contributed by atoms with E-state index in [0.29, 0.717) is 11.8 Å². The predicted octanol–water partition coefficient (Wildman–Crippen LogP) is 4.35. The molecular weight excluding hydrogens is 237 g/mol. The van der Waals surface area contributed by atoms with Crippen LogP contribution in [0, 0.1) is 17.7 Å². The van der Waals surface area contributed by atoms with Crippen LogP contribution in [0.25, 0.3) is 0 Å². The number of hydrogen-bond donors (Lipinski definition) is 1. The van der Waals surface area contributed by atoms with Crippen molar-refractivity contribution in [3.8, 4) is 0 Å². The molecule has 0 radical (unpaired) electrons. The second-order valence-corrected chi connectivity index (χ2v) is 5.78. The van der Waals surface area contributed by atoms with Crippen molar-refractivity contribution in [2.45, 2.75) is 45.4 Å². The number of hydrogen-bond acceptors (Lipinski definition) is 1. The molecule has 0 saturated heterocycles. The summed E-state index contributed by atoms with van der Waals surface area (Å²) in [4.78, 5) is 0. The fraction of sp³-hybridized carbons (Fsp3) is 0.647. The van der Waals surface area contributed by atoms with Crippen molar-refractivity contribution in [1.29, 1.82) is 0 Å². The third kappa shape index (κ3) is 3.56. The van der Waals surface area contributed by atoms with Crippen molar-refractivity contribution in [3.63, 3.8) is 0 Å². The van der Waals surface area contributed by atoms with Crippen molar-refractivity contribution in [2.75, 3.05) is 13.1 Å². The minimum atomic E-state index is -0.0225. The Morgan fingerprint density at radius 1 is 1.21 bits per heavy atom. The van der Waals surface area contributed by atoms with Crippen LogP contribution in [0.1, 0.15) is 51.0 Å². The first-order valence-corrected chi connectivity index (χ1v) is 7.71. The van der Waals surface area contributed by atoms with E-state index in [9.17, 15) is 4.39 Å². The van der Waals surface area contributed by atoms with Crippen LogP contribution in [0.2, 0.25) is 0 Å². The van der Waals surface area contributed by atoms with Crippen molar-refractivity contribution in [3.05, 3.63) is 35.6 Å². The Morgan fingerprint density at radius 3 is 2.68 bits per heavy atom. The van der Waals surface area contributed by atoms with Crippen molar-refractivity contribution in [1.82, 2.24) is 5.32 Å². The summed E-state index contributed by atoms with van der Waals surface area (Å²) < 4.78 is 14.1. The van der Waals surface area contributed by atoms with Crippen LogP contribution in [0.3, 0.4) is 0 Å². The first-order valence-electron chi connectivity index (χ1n) is 7.71. The van der Waals surface area contributed by atoms with Crippen LogP contribution in [0.15, 0.2) is 24.3 Å². The summed E-state index contributed by atoms with van der Waals surface area (Å²) in [6.07, 6.45) is 4.90. The number of halogens is 1. The van der Waals surface area contributed by atoms with Gasteiger partial charge in [0, 0.05) is 0 Å². The van der Waals surface area contributed by atoms with Crippen LogP contribution < -0.4 is 5.32 Å². The quantitative estimate of drug-likeness (QED) is 0.833. The zero-order chi connectivity index (χ0) is 13.7. The summed E-state index contributed by atoms with van der Waals surface area (Å²) in [6, 6.07) is 7.35. The highest BCUT2D eigenvalue weighted by molar-refractivity contribution is 5.23. The van der Waals surface area contributed by atoms with E-state index in [4.69, 9.17) is 0 Å². The molecular formula is C17H26FN. The van der Waals surface area contributed by atoms with Gasteiger partial charge in [0.05, 0.1) is 0 Å². The molecule has 0 amide bonds. The molecule has 3 unspecified atom stereocenters. The second kappa shape index (κ2) is 7.04. The molecule has 0 aliphatic heterocycles. The van der Waals surface area contributed by atoms with E-state index >= 15 is 0 Å². The maximum atomic E-state index is 14.1. The highest BCUT2D eigenvalue weighted by atomic mass is 19.1. The molecule has 0 bridgehead atoms. The van der Waals surface area contributed by atoms with Gasteiger partial charge in [0.25, 0.3) is 0 Å². The van der Waals surface area contributed by atoms with Gasteiger partial charge in [-0.2, -0.15) is 0 Å². The molecule has 1 aromatic rings. The van der Waals surface area contributed by atoms with Crippen LogP contribution >= 0.6 is 0 Å². The zero-order valence-electron chi connectivity index (χ0n) is 12.2. The normalized spacial score (nSPS) is 27.4. The third-order valence-electron chi connectivity index (χ3n) is 4.64. The van der Waals surface area contributed by atoms with Gasteiger partial charge in [-0.25, -0.2) is 4.39 Å². The molecule has 1 aliphatic carbocycles. The van der Waals surface area contributed by atoms with Crippen molar-refractivity contribution in [2.24, 2.45) is 11.8 Å². The SMILES string of the molecule is CCNCC1CCC(CC)CC1c1ccccc1F. The fourth-order valence-corrected chi connectivity index (χ4v) is 3.42. The third-order valence-corrected chi connectivity index (χ3v) is 4.64. The largest absolute Gasteiger partial charge is 0.317 e. The highest BCUT2D eigenvalue weighted by Gasteiger charge is 2.31. The summed E-state index contributed by atoms with van der Waals surface area (Å²) >= 11 is 0. The molecule has 1 fully saturated rings. The smallest absolute Gasteiger partial charge is 0.126 e. The van der Waals surface area contributed by atoms with Gasteiger partial charge in [0.2, 0.25) is 0 Å². The van der Waals surface area contributed by atoms with E-state index in [2.05, 4.69) is 19.2 Å². The highest BCUT2D eigenvalue weighted by Crippen LogP contribution is 2.42. The maximum absolute atomic E-state index is 14.1. The molecule has 1 aromatic carbocycles. The molecule has 19 heavy (non-hydrogen) atoms. The molecule has 1 saturated carbocycles. The molecule has 0 heterocycles. The first kappa shape index (κ1) is 14.5. The molecule has 3 atom stereocenters. The molecule has 1 N–H and O–H groups in total. The van der Waals surface area contributed by atoms with Gasteiger partial charge < -0.3 is 5.32 Å². The Morgan fingerprint density at radius 2 is 2.00 bits per heavy atom. The Kier molecular flexibility index (Phi) is 5.38. The van der Waals surface area contributed by atoms with Crippen LogP contribution in [0.5, 0.6) is 0 Å². The first-order chi connectivity index (χ1) is 9.26. The fourth-order valence-electron chi connectivity index (χ4n) is 3.42. The van der Waals surface area contributed by atoms with E-state index in [1.54, 1.807) is 12.1 Å².